The van der Waals surface area contributed by atoms with E-state index >= 15 is 0 Å². The Kier molecular flexibility index (Phi) is 4.74. The topological polar surface area (TPSA) is 43.9 Å². The lowest BCUT2D eigenvalue weighted by Crippen LogP contribution is -1.94. The molecular formula is C36H21N3OS. The number of oxazole rings is 1. The summed E-state index contributed by atoms with van der Waals surface area (Å²) in [4.78, 5) is 9.72. The molecule has 0 N–H and O–H groups in total. The highest BCUT2D eigenvalue weighted by atomic mass is 32.1. The van der Waals surface area contributed by atoms with Crippen LogP contribution < -0.4 is 0 Å². The maximum absolute atomic E-state index is 6.16. The number of nitrogens with zero attached hydrogens (tertiary/aromatic N) is 3. The molecule has 192 valence electrons. The second-order valence-corrected chi connectivity index (χ2v) is 11.3. The Morgan fingerprint density at radius 2 is 1.27 bits per heavy atom. The molecule has 0 saturated carbocycles. The molecule has 0 bridgehead atoms. The summed E-state index contributed by atoms with van der Waals surface area (Å²) in [5.74, 6) is 0.627. The van der Waals surface area contributed by atoms with Crippen molar-refractivity contribution in [2.24, 2.45) is 0 Å². The molecule has 41 heavy (non-hydrogen) atoms. The smallest absolute Gasteiger partial charge is 0.227 e. The number of aromatic nitrogens is 3. The van der Waals surface area contributed by atoms with E-state index in [0.29, 0.717) is 5.89 Å². The molecule has 0 spiro atoms. The molecule has 0 radical (unpaired) electrons. The summed E-state index contributed by atoms with van der Waals surface area (Å²) in [6.07, 6.45) is 0. The average molecular weight is 544 g/mol. The molecule has 9 aromatic rings. The molecule has 0 amide bonds. The van der Waals surface area contributed by atoms with E-state index in [0.717, 1.165) is 54.9 Å². The third-order valence-corrected chi connectivity index (χ3v) is 8.92. The van der Waals surface area contributed by atoms with Gasteiger partial charge >= 0.3 is 0 Å². The van der Waals surface area contributed by atoms with Crippen molar-refractivity contribution in [3.63, 3.8) is 0 Å². The van der Waals surface area contributed by atoms with Crippen molar-refractivity contribution in [2.75, 3.05) is 0 Å². The first-order valence-electron chi connectivity index (χ1n) is 13.6. The van der Waals surface area contributed by atoms with Crippen LogP contribution in [0.4, 0.5) is 0 Å². The van der Waals surface area contributed by atoms with Gasteiger partial charge in [-0.2, -0.15) is 0 Å². The molecule has 3 heterocycles. The quantitative estimate of drug-likeness (QED) is 0.223. The number of fused-ring (bicyclic) bond motifs is 6. The summed E-state index contributed by atoms with van der Waals surface area (Å²) < 4.78 is 9.71. The Morgan fingerprint density at radius 1 is 0.561 bits per heavy atom. The van der Waals surface area contributed by atoms with E-state index < -0.39 is 0 Å². The zero-order valence-corrected chi connectivity index (χ0v) is 22.6. The van der Waals surface area contributed by atoms with Crippen molar-refractivity contribution >= 4 is 65.2 Å². The van der Waals surface area contributed by atoms with Crippen molar-refractivity contribution in [1.29, 1.82) is 0 Å². The molecule has 0 atom stereocenters. The van der Waals surface area contributed by atoms with Crippen LogP contribution in [0.25, 0.3) is 81.6 Å². The third-order valence-electron chi connectivity index (χ3n) is 7.84. The first-order chi connectivity index (χ1) is 20.3. The van der Waals surface area contributed by atoms with Crippen LogP contribution in [0.1, 0.15) is 0 Å². The Hall–Kier alpha value is -5.26. The highest BCUT2D eigenvalue weighted by Gasteiger charge is 2.17. The minimum absolute atomic E-state index is 0.627. The number of thiazole rings is 1. The molecule has 0 unspecified atom stereocenters. The molecular weight excluding hydrogens is 522 g/mol. The predicted molar refractivity (Wildman–Crippen MR) is 170 cm³/mol. The standard InChI is InChI=1S/C36H21N3OS/c1-2-8-23-19-26(16-13-22(23)7-1)39-31-17-14-24(35-37-29-9-3-5-11-33(29)40-35)20-27(31)28-21-25(15-18-32(28)39)36-38-30-10-4-6-12-34(30)41-36/h1-21H. The number of hydrogen-bond acceptors (Lipinski definition) is 4. The van der Waals surface area contributed by atoms with E-state index in [-0.39, 0.29) is 0 Å². The lowest BCUT2D eigenvalue weighted by Gasteiger charge is -2.10. The van der Waals surface area contributed by atoms with E-state index in [9.17, 15) is 0 Å². The number of hydrogen-bond donors (Lipinski definition) is 0. The van der Waals surface area contributed by atoms with Crippen LogP contribution in [-0.4, -0.2) is 14.5 Å². The maximum atomic E-state index is 6.16. The van der Waals surface area contributed by atoms with E-state index in [2.05, 4.69) is 102 Å². The molecule has 0 aliphatic rings. The fraction of sp³-hybridized carbons (Fsp3) is 0. The van der Waals surface area contributed by atoms with Gasteiger partial charge in [0.05, 0.1) is 21.3 Å². The summed E-state index contributed by atoms with van der Waals surface area (Å²) in [7, 11) is 0. The third kappa shape index (κ3) is 3.53. The number of rotatable bonds is 3. The van der Waals surface area contributed by atoms with Gasteiger partial charge in [0.15, 0.2) is 5.58 Å². The van der Waals surface area contributed by atoms with Gasteiger partial charge in [-0.3, -0.25) is 0 Å². The van der Waals surface area contributed by atoms with Crippen molar-refractivity contribution in [3.8, 4) is 27.7 Å². The molecule has 0 saturated heterocycles. The highest BCUT2D eigenvalue weighted by molar-refractivity contribution is 7.21. The van der Waals surface area contributed by atoms with Crippen molar-refractivity contribution in [2.45, 2.75) is 0 Å². The SMILES string of the molecule is c1ccc2cc(-n3c4ccc(-c5nc6ccccc6o5)cc4c4cc(-c5nc6ccccc6s5)ccc43)ccc2c1. The van der Waals surface area contributed by atoms with Gasteiger partial charge < -0.3 is 8.98 Å². The van der Waals surface area contributed by atoms with Crippen LogP contribution in [0.5, 0.6) is 0 Å². The van der Waals surface area contributed by atoms with E-state index in [1.165, 1.54) is 20.9 Å². The van der Waals surface area contributed by atoms with E-state index in [1.54, 1.807) is 11.3 Å². The molecule has 5 heteroatoms. The van der Waals surface area contributed by atoms with Gasteiger partial charge in [-0.1, -0.05) is 54.6 Å². The molecule has 0 fully saturated rings. The minimum Gasteiger partial charge on any atom is -0.436 e. The molecule has 3 aromatic heterocycles. The summed E-state index contributed by atoms with van der Waals surface area (Å²) in [6, 6.07) is 44.6. The first-order valence-corrected chi connectivity index (χ1v) is 14.4. The zero-order valence-electron chi connectivity index (χ0n) is 21.8. The Balaban J connectivity index is 1.31. The normalized spacial score (nSPS) is 11.9. The summed E-state index contributed by atoms with van der Waals surface area (Å²) in [5, 5.41) is 5.79. The number of benzene rings is 6. The van der Waals surface area contributed by atoms with E-state index in [4.69, 9.17) is 14.4 Å². The predicted octanol–water partition coefficient (Wildman–Crippen LogP) is 10.0. The van der Waals surface area contributed by atoms with Crippen LogP contribution in [-0.2, 0) is 0 Å². The van der Waals surface area contributed by atoms with Crippen molar-refractivity contribution in [1.82, 2.24) is 14.5 Å². The lowest BCUT2D eigenvalue weighted by atomic mass is 10.1. The second-order valence-electron chi connectivity index (χ2n) is 10.3. The average Bonchev–Trinajstić information content (AvgIpc) is 3.74. The largest absolute Gasteiger partial charge is 0.436 e. The van der Waals surface area contributed by atoms with Gasteiger partial charge in [0.1, 0.15) is 10.5 Å². The van der Waals surface area contributed by atoms with Crippen LogP contribution in [0.15, 0.2) is 132 Å². The fourth-order valence-electron chi connectivity index (χ4n) is 5.87. The van der Waals surface area contributed by atoms with Gasteiger partial charge in [-0.15, -0.1) is 11.3 Å². The van der Waals surface area contributed by atoms with Gasteiger partial charge in [0.2, 0.25) is 5.89 Å². The minimum atomic E-state index is 0.627. The highest BCUT2D eigenvalue weighted by Crippen LogP contribution is 2.39. The Morgan fingerprint density at radius 3 is 2.10 bits per heavy atom. The summed E-state index contributed by atoms with van der Waals surface area (Å²) >= 11 is 1.73. The van der Waals surface area contributed by atoms with E-state index in [1.807, 2.05) is 30.3 Å². The molecule has 0 aliphatic heterocycles. The molecule has 6 aromatic carbocycles. The summed E-state index contributed by atoms with van der Waals surface area (Å²) in [5.41, 5.74) is 8.17. The van der Waals surface area contributed by atoms with Gasteiger partial charge in [-0.05, 0) is 83.6 Å². The van der Waals surface area contributed by atoms with Gasteiger partial charge in [-0.25, -0.2) is 9.97 Å². The zero-order chi connectivity index (χ0) is 26.9. The number of para-hydroxylation sites is 3. The van der Waals surface area contributed by atoms with Crippen molar-refractivity contribution in [3.05, 3.63) is 127 Å². The maximum Gasteiger partial charge on any atom is 0.227 e. The van der Waals surface area contributed by atoms with Crippen molar-refractivity contribution < 1.29 is 4.42 Å². The van der Waals surface area contributed by atoms with Crippen LogP contribution >= 0.6 is 11.3 Å². The first kappa shape index (κ1) is 22.5. The molecule has 4 nitrogen and oxygen atoms in total. The van der Waals surface area contributed by atoms with Crippen LogP contribution in [0, 0.1) is 0 Å². The second kappa shape index (κ2) is 8.62. The van der Waals surface area contributed by atoms with Crippen LogP contribution in [0.3, 0.4) is 0 Å². The van der Waals surface area contributed by atoms with Crippen LogP contribution in [0.2, 0.25) is 0 Å². The van der Waals surface area contributed by atoms with Gasteiger partial charge in [0.25, 0.3) is 0 Å². The monoisotopic (exact) mass is 543 g/mol. The Bertz CT molecular complexity index is 2250. The molecule has 0 aliphatic carbocycles. The fourth-order valence-corrected chi connectivity index (χ4v) is 6.84. The lowest BCUT2D eigenvalue weighted by molar-refractivity contribution is 0.620. The van der Waals surface area contributed by atoms with Gasteiger partial charge in [0, 0.05) is 27.6 Å². The summed E-state index contributed by atoms with van der Waals surface area (Å²) in [6.45, 7) is 0. The Labute approximate surface area is 238 Å². The molecule has 9 rings (SSSR count).